The van der Waals surface area contributed by atoms with Crippen molar-refractivity contribution >= 4 is 23.6 Å². The fourth-order valence-electron chi connectivity index (χ4n) is 3.95. The highest BCUT2D eigenvalue weighted by atomic mass is 19.1. The number of hydrogen-bond donors (Lipinski definition) is 1. The van der Waals surface area contributed by atoms with E-state index in [-0.39, 0.29) is 42.6 Å². The molecular formula is C23H22FN3O4. The minimum atomic E-state index is -0.399. The van der Waals surface area contributed by atoms with Gasteiger partial charge in [-0.2, -0.15) is 0 Å². The highest BCUT2D eigenvalue weighted by Crippen LogP contribution is 2.23. The van der Waals surface area contributed by atoms with E-state index in [1.807, 2.05) is 0 Å². The van der Waals surface area contributed by atoms with Crippen LogP contribution in [0.2, 0.25) is 0 Å². The van der Waals surface area contributed by atoms with Gasteiger partial charge in [0, 0.05) is 37.7 Å². The molecule has 1 fully saturated rings. The second-order valence-corrected chi connectivity index (χ2v) is 7.69. The van der Waals surface area contributed by atoms with Gasteiger partial charge in [0.25, 0.3) is 17.7 Å². The van der Waals surface area contributed by atoms with Gasteiger partial charge in [-0.05, 0) is 49.2 Å². The number of likely N-dealkylation sites (tertiary alicyclic amines) is 1. The van der Waals surface area contributed by atoms with Gasteiger partial charge < -0.3 is 10.2 Å². The van der Waals surface area contributed by atoms with E-state index in [0.29, 0.717) is 42.6 Å². The van der Waals surface area contributed by atoms with E-state index < -0.39 is 5.82 Å². The summed E-state index contributed by atoms with van der Waals surface area (Å²) < 4.78 is 13.0. The molecule has 0 aliphatic carbocycles. The number of piperidine rings is 1. The zero-order valence-electron chi connectivity index (χ0n) is 16.8. The van der Waals surface area contributed by atoms with Gasteiger partial charge in [-0.25, -0.2) is 4.39 Å². The monoisotopic (exact) mass is 423 g/mol. The largest absolute Gasteiger partial charge is 0.349 e. The molecule has 4 amide bonds. The molecule has 2 aromatic carbocycles. The van der Waals surface area contributed by atoms with Gasteiger partial charge in [0.1, 0.15) is 5.82 Å². The van der Waals surface area contributed by atoms with Crippen molar-refractivity contribution in [2.45, 2.75) is 25.3 Å². The fraction of sp³-hybridized carbons (Fsp3) is 0.304. The molecule has 2 aliphatic heterocycles. The maximum absolute atomic E-state index is 13.0. The lowest BCUT2D eigenvalue weighted by atomic mass is 10.0. The summed E-state index contributed by atoms with van der Waals surface area (Å²) in [6, 6.07) is 11.9. The summed E-state index contributed by atoms with van der Waals surface area (Å²) in [6.45, 7) is 1.01. The average molecular weight is 423 g/mol. The molecule has 0 unspecified atom stereocenters. The molecule has 0 bridgehead atoms. The van der Waals surface area contributed by atoms with Crippen molar-refractivity contribution in [3.63, 3.8) is 0 Å². The molecule has 1 saturated heterocycles. The molecule has 8 heteroatoms. The SMILES string of the molecule is O=C(NC1CCN(C(=O)CCN2C(=O)c3ccccc3C2=O)CC1)c1ccc(F)cc1. The predicted octanol–water partition coefficient (Wildman–Crippen LogP) is 2.23. The predicted molar refractivity (Wildman–Crippen MR) is 110 cm³/mol. The van der Waals surface area contributed by atoms with E-state index in [0.717, 1.165) is 4.90 Å². The van der Waals surface area contributed by atoms with Crippen LogP contribution in [-0.2, 0) is 4.79 Å². The molecule has 0 spiro atoms. The topological polar surface area (TPSA) is 86.8 Å². The maximum Gasteiger partial charge on any atom is 0.261 e. The normalized spacial score (nSPS) is 16.4. The summed E-state index contributed by atoms with van der Waals surface area (Å²) in [6.07, 6.45) is 1.27. The molecule has 2 heterocycles. The number of hydrogen-bond acceptors (Lipinski definition) is 4. The highest BCUT2D eigenvalue weighted by Gasteiger charge is 2.35. The number of nitrogens with one attached hydrogen (secondary N) is 1. The summed E-state index contributed by atoms with van der Waals surface area (Å²) in [5, 5.41) is 2.92. The third-order valence-corrected chi connectivity index (χ3v) is 5.72. The maximum atomic E-state index is 13.0. The van der Waals surface area contributed by atoms with Gasteiger partial charge in [0.2, 0.25) is 5.91 Å². The highest BCUT2D eigenvalue weighted by molar-refractivity contribution is 6.21. The van der Waals surface area contributed by atoms with Crippen molar-refractivity contribution in [3.05, 3.63) is 71.0 Å². The zero-order valence-corrected chi connectivity index (χ0v) is 16.8. The second kappa shape index (κ2) is 8.67. The average Bonchev–Trinajstić information content (AvgIpc) is 3.03. The lowest BCUT2D eigenvalue weighted by Gasteiger charge is -2.32. The van der Waals surface area contributed by atoms with Crippen LogP contribution < -0.4 is 5.32 Å². The van der Waals surface area contributed by atoms with Gasteiger partial charge in [-0.3, -0.25) is 24.1 Å². The standard InChI is InChI=1S/C23H22FN3O4/c24-16-7-5-15(6-8-16)21(29)25-17-9-12-26(13-10-17)20(28)11-14-27-22(30)18-3-1-2-4-19(18)23(27)31/h1-8,17H,9-14H2,(H,25,29). The summed E-state index contributed by atoms with van der Waals surface area (Å²) >= 11 is 0. The van der Waals surface area contributed by atoms with E-state index in [2.05, 4.69) is 5.32 Å². The number of rotatable bonds is 5. The van der Waals surface area contributed by atoms with Crippen molar-refractivity contribution in [1.82, 2.24) is 15.1 Å². The van der Waals surface area contributed by atoms with Gasteiger partial charge >= 0.3 is 0 Å². The number of carbonyl (C=O) groups excluding carboxylic acids is 4. The molecule has 0 radical (unpaired) electrons. The van der Waals surface area contributed by atoms with Crippen LogP contribution in [0.4, 0.5) is 4.39 Å². The second-order valence-electron chi connectivity index (χ2n) is 7.69. The molecule has 7 nitrogen and oxygen atoms in total. The first kappa shape index (κ1) is 20.7. The Balaban J connectivity index is 1.24. The smallest absolute Gasteiger partial charge is 0.261 e. The van der Waals surface area contributed by atoms with Crippen LogP contribution in [0.1, 0.15) is 50.3 Å². The third-order valence-electron chi connectivity index (χ3n) is 5.72. The Morgan fingerprint density at radius 3 is 2.10 bits per heavy atom. The minimum absolute atomic E-state index is 0.0480. The van der Waals surface area contributed by atoms with E-state index in [1.165, 1.54) is 24.3 Å². The molecule has 160 valence electrons. The lowest BCUT2D eigenvalue weighted by Crippen LogP contribution is -2.47. The number of carbonyl (C=O) groups is 4. The van der Waals surface area contributed by atoms with Crippen LogP contribution in [0.25, 0.3) is 0 Å². The Morgan fingerprint density at radius 1 is 0.935 bits per heavy atom. The third kappa shape index (κ3) is 4.33. The van der Waals surface area contributed by atoms with Gasteiger partial charge in [-0.15, -0.1) is 0 Å². The Labute approximate surface area is 178 Å². The first-order valence-corrected chi connectivity index (χ1v) is 10.2. The molecule has 0 aromatic heterocycles. The number of amides is 4. The number of halogens is 1. The molecule has 1 N–H and O–H groups in total. The summed E-state index contributed by atoms with van der Waals surface area (Å²) in [5.41, 5.74) is 1.14. The Morgan fingerprint density at radius 2 is 1.52 bits per heavy atom. The first-order chi connectivity index (χ1) is 14.9. The molecule has 31 heavy (non-hydrogen) atoms. The van der Waals surface area contributed by atoms with Crippen molar-refractivity contribution in [1.29, 1.82) is 0 Å². The summed E-state index contributed by atoms with van der Waals surface area (Å²) in [7, 11) is 0. The van der Waals surface area contributed by atoms with E-state index >= 15 is 0 Å². The molecular weight excluding hydrogens is 401 g/mol. The van der Waals surface area contributed by atoms with Crippen LogP contribution in [0.3, 0.4) is 0 Å². The number of fused-ring (bicyclic) bond motifs is 1. The lowest BCUT2D eigenvalue weighted by molar-refractivity contribution is -0.132. The van der Waals surface area contributed by atoms with Crippen LogP contribution in [0.15, 0.2) is 48.5 Å². The molecule has 0 saturated carbocycles. The fourth-order valence-corrected chi connectivity index (χ4v) is 3.95. The minimum Gasteiger partial charge on any atom is -0.349 e. The first-order valence-electron chi connectivity index (χ1n) is 10.2. The zero-order chi connectivity index (χ0) is 22.0. The Hall–Kier alpha value is -3.55. The molecule has 0 atom stereocenters. The van der Waals surface area contributed by atoms with Gasteiger partial charge in [0.15, 0.2) is 0 Å². The molecule has 2 aliphatic rings. The van der Waals surface area contributed by atoms with E-state index in [4.69, 9.17) is 0 Å². The van der Waals surface area contributed by atoms with E-state index in [9.17, 15) is 23.6 Å². The Kier molecular flexibility index (Phi) is 5.79. The van der Waals surface area contributed by atoms with Crippen molar-refractivity contribution in [2.75, 3.05) is 19.6 Å². The van der Waals surface area contributed by atoms with Crippen LogP contribution in [0.5, 0.6) is 0 Å². The summed E-state index contributed by atoms with van der Waals surface area (Å²) in [5.74, 6) is -1.52. The van der Waals surface area contributed by atoms with Crippen molar-refractivity contribution in [3.8, 4) is 0 Å². The van der Waals surface area contributed by atoms with Crippen LogP contribution >= 0.6 is 0 Å². The van der Waals surface area contributed by atoms with Crippen molar-refractivity contribution in [2.24, 2.45) is 0 Å². The number of benzene rings is 2. The number of imide groups is 1. The summed E-state index contributed by atoms with van der Waals surface area (Å²) in [4.78, 5) is 52.4. The quantitative estimate of drug-likeness (QED) is 0.748. The van der Waals surface area contributed by atoms with Crippen molar-refractivity contribution < 1.29 is 23.6 Å². The van der Waals surface area contributed by atoms with Gasteiger partial charge in [0.05, 0.1) is 11.1 Å². The van der Waals surface area contributed by atoms with Crippen LogP contribution in [0, 0.1) is 5.82 Å². The van der Waals surface area contributed by atoms with Gasteiger partial charge in [-0.1, -0.05) is 12.1 Å². The number of nitrogens with zero attached hydrogens (tertiary/aromatic N) is 2. The Bertz CT molecular complexity index is 994. The molecule has 2 aromatic rings. The van der Waals surface area contributed by atoms with E-state index in [1.54, 1.807) is 29.2 Å². The van der Waals surface area contributed by atoms with Crippen LogP contribution in [-0.4, -0.2) is 59.1 Å². The molecule has 4 rings (SSSR count).